The number of carbonyl (C=O) groups is 1. The Morgan fingerprint density at radius 3 is 2.49 bits per heavy atom. The quantitative estimate of drug-likeness (QED) is 0.199. The minimum Gasteiger partial charge on any atom is -0.484 e. The number of hydrogen-bond donors (Lipinski definition) is 2. The molecule has 0 bridgehead atoms. The van der Waals surface area contributed by atoms with Crippen molar-refractivity contribution in [3.8, 4) is 11.4 Å². The lowest BCUT2D eigenvalue weighted by molar-refractivity contribution is 0.171. The van der Waals surface area contributed by atoms with Gasteiger partial charge in [0.05, 0.1) is 23.6 Å². The molecule has 10 heteroatoms. The van der Waals surface area contributed by atoms with Gasteiger partial charge < -0.3 is 15.0 Å². The Morgan fingerprint density at radius 1 is 0.936 bits per heavy atom. The largest absolute Gasteiger partial charge is 0.484 e. The summed E-state index contributed by atoms with van der Waals surface area (Å²) in [6.07, 6.45) is 6.93. The smallest absolute Gasteiger partial charge is 0.320 e. The first kappa shape index (κ1) is 30.8. The van der Waals surface area contributed by atoms with Crippen LogP contribution in [0.15, 0.2) is 72.9 Å². The van der Waals surface area contributed by atoms with Gasteiger partial charge in [-0.05, 0) is 81.3 Å². The number of hydrogen-bond acceptors (Lipinski definition) is 6. The molecule has 10 nitrogen and oxygen atoms in total. The zero-order chi connectivity index (χ0) is 32.7. The van der Waals surface area contributed by atoms with E-state index in [9.17, 15) is 4.79 Å². The summed E-state index contributed by atoms with van der Waals surface area (Å²) in [5.41, 5.74) is 5.74. The number of piperidine rings is 1. The van der Waals surface area contributed by atoms with Crippen LogP contribution in [0.25, 0.3) is 11.3 Å². The molecule has 1 fully saturated rings. The summed E-state index contributed by atoms with van der Waals surface area (Å²) in [6, 6.07) is 22.3. The second kappa shape index (κ2) is 12.4. The predicted molar refractivity (Wildman–Crippen MR) is 185 cm³/mol. The number of rotatable bonds is 6. The Labute approximate surface area is 276 Å². The van der Waals surface area contributed by atoms with Crippen LogP contribution in [0.2, 0.25) is 0 Å². The van der Waals surface area contributed by atoms with E-state index >= 15 is 0 Å². The molecule has 1 aliphatic carbocycles. The van der Waals surface area contributed by atoms with E-state index in [0.717, 1.165) is 72.1 Å². The van der Waals surface area contributed by atoms with Crippen molar-refractivity contribution in [2.24, 2.45) is 0 Å². The van der Waals surface area contributed by atoms with Gasteiger partial charge in [-0.3, -0.25) is 9.72 Å². The molecule has 4 heterocycles. The molecule has 0 unspecified atom stereocenters. The molecular formula is C37H44N8O2. The number of urea groups is 1. The van der Waals surface area contributed by atoms with Gasteiger partial charge >= 0.3 is 6.03 Å². The summed E-state index contributed by atoms with van der Waals surface area (Å²) in [4.78, 5) is 15.9. The van der Waals surface area contributed by atoms with Gasteiger partial charge in [0.2, 0.25) is 5.95 Å². The highest BCUT2D eigenvalue weighted by Gasteiger charge is 2.30. The van der Waals surface area contributed by atoms with E-state index in [2.05, 4.69) is 72.5 Å². The molecule has 0 saturated carbocycles. The molecule has 2 aromatic carbocycles. The zero-order valence-electron chi connectivity index (χ0n) is 27.9. The molecule has 3 atom stereocenters. The molecule has 5 aromatic rings. The maximum atomic E-state index is 13.5. The van der Waals surface area contributed by atoms with Crippen molar-refractivity contribution in [2.45, 2.75) is 90.3 Å². The summed E-state index contributed by atoms with van der Waals surface area (Å²) < 4.78 is 10.5. The Morgan fingerprint density at radius 2 is 1.72 bits per heavy atom. The highest BCUT2D eigenvalue weighted by atomic mass is 16.5. The summed E-state index contributed by atoms with van der Waals surface area (Å²) >= 11 is 0. The topological polar surface area (TPSA) is 102 Å². The number of ether oxygens (including phenoxy) is 1. The average molecular weight is 633 g/mol. The fourth-order valence-electron chi connectivity index (χ4n) is 6.74. The van der Waals surface area contributed by atoms with E-state index in [0.29, 0.717) is 11.9 Å². The van der Waals surface area contributed by atoms with Crippen LogP contribution in [-0.4, -0.2) is 43.0 Å². The minimum atomic E-state index is -0.268. The Kier molecular flexibility index (Phi) is 8.11. The van der Waals surface area contributed by atoms with Crippen LogP contribution in [0, 0.1) is 6.92 Å². The van der Waals surface area contributed by atoms with Crippen molar-refractivity contribution in [1.29, 1.82) is 0 Å². The summed E-state index contributed by atoms with van der Waals surface area (Å²) in [7, 11) is 0. The third kappa shape index (κ3) is 6.28. The van der Waals surface area contributed by atoms with E-state index in [-0.39, 0.29) is 23.6 Å². The molecule has 0 radical (unpaired) electrons. The van der Waals surface area contributed by atoms with E-state index in [1.807, 2.05) is 69.9 Å². The molecule has 47 heavy (non-hydrogen) atoms. The SMILES string of the molecule is Cc1ccc(-n2nc(C(C)(C)C)cc2NC(=O)N[C@H]2CC[C@@H](Oc3ccc4nnc(N5CCCC[C@H]5C)n4c3)c3ccccc32)cc1. The van der Waals surface area contributed by atoms with Crippen molar-refractivity contribution in [1.82, 2.24) is 29.7 Å². The van der Waals surface area contributed by atoms with Crippen LogP contribution in [-0.2, 0) is 5.41 Å². The van der Waals surface area contributed by atoms with Gasteiger partial charge in [0.15, 0.2) is 5.65 Å². The van der Waals surface area contributed by atoms with Gasteiger partial charge in [-0.25, -0.2) is 9.48 Å². The molecule has 1 aliphatic heterocycles. The molecule has 1 saturated heterocycles. The number of aryl methyl sites for hydroxylation is 1. The number of anilines is 2. The second-order valence-electron chi connectivity index (χ2n) is 14.0. The van der Waals surface area contributed by atoms with Gasteiger partial charge in [0.25, 0.3) is 0 Å². The highest BCUT2D eigenvalue weighted by Crippen LogP contribution is 2.39. The number of amides is 2. The number of benzene rings is 2. The predicted octanol–water partition coefficient (Wildman–Crippen LogP) is 7.68. The van der Waals surface area contributed by atoms with Crippen LogP contribution >= 0.6 is 0 Å². The maximum Gasteiger partial charge on any atom is 0.320 e. The van der Waals surface area contributed by atoms with Gasteiger partial charge in [-0.2, -0.15) is 5.10 Å². The van der Waals surface area contributed by atoms with Crippen LogP contribution in [0.3, 0.4) is 0 Å². The van der Waals surface area contributed by atoms with Crippen molar-refractivity contribution in [3.63, 3.8) is 0 Å². The van der Waals surface area contributed by atoms with E-state index < -0.39 is 0 Å². The first-order valence-corrected chi connectivity index (χ1v) is 16.8. The van der Waals surface area contributed by atoms with E-state index in [1.165, 1.54) is 12.0 Å². The molecule has 2 aliphatic rings. The lowest BCUT2D eigenvalue weighted by atomic mass is 9.85. The Hall–Kier alpha value is -4.86. The van der Waals surface area contributed by atoms with Gasteiger partial charge in [0.1, 0.15) is 17.7 Å². The van der Waals surface area contributed by atoms with Crippen molar-refractivity contribution in [3.05, 3.63) is 95.3 Å². The van der Waals surface area contributed by atoms with Crippen LogP contribution in [0.5, 0.6) is 5.75 Å². The third-order valence-electron chi connectivity index (χ3n) is 9.43. The van der Waals surface area contributed by atoms with Gasteiger partial charge in [-0.15, -0.1) is 10.2 Å². The average Bonchev–Trinajstić information content (AvgIpc) is 3.67. The van der Waals surface area contributed by atoms with Gasteiger partial charge in [-0.1, -0.05) is 62.7 Å². The lowest BCUT2D eigenvalue weighted by Gasteiger charge is -2.33. The third-order valence-corrected chi connectivity index (χ3v) is 9.43. The van der Waals surface area contributed by atoms with Crippen molar-refractivity contribution < 1.29 is 9.53 Å². The monoisotopic (exact) mass is 632 g/mol. The number of aromatic nitrogens is 5. The van der Waals surface area contributed by atoms with E-state index in [1.54, 1.807) is 0 Å². The lowest BCUT2D eigenvalue weighted by Crippen LogP contribution is -2.38. The molecule has 0 spiro atoms. The Bertz CT molecular complexity index is 1890. The minimum absolute atomic E-state index is 0.143. The summed E-state index contributed by atoms with van der Waals surface area (Å²) in [5.74, 6) is 2.27. The fraction of sp³-hybridized carbons (Fsp3) is 0.405. The number of nitrogens with one attached hydrogen (secondary N) is 2. The van der Waals surface area contributed by atoms with Crippen LogP contribution in [0.4, 0.5) is 16.6 Å². The maximum absolute atomic E-state index is 13.5. The van der Waals surface area contributed by atoms with Crippen LogP contribution in [0.1, 0.15) is 94.3 Å². The molecule has 2 N–H and O–H groups in total. The number of carbonyl (C=O) groups excluding carboxylic acids is 1. The van der Waals surface area contributed by atoms with Crippen molar-refractivity contribution >= 4 is 23.4 Å². The number of pyridine rings is 1. The first-order valence-electron chi connectivity index (χ1n) is 16.8. The normalized spacial score (nSPS) is 19.8. The summed E-state index contributed by atoms with van der Waals surface area (Å²) in [6.45, 7) is 11.7. The zero-order valence-corrected chi connectivity index (χ0v) is 27.9. The number of nitrogens with zero attached hydrogens (tertiary/aromatic N) is 6. The first-order chi connectivity index (χ1) is 22.6. The molecule has 3 aromatic heterocycles. The van der Waals surface area contributed by atoms with Crippen molar-refractivity contribution in [2.75, 3.05) is 16.8 Å². The molecule has 7 rings (SSSR count). The van der Waals surface area contributed by atoms with Gasteiger partial charge in [0, 0.05) is 24.1 Å². The number of fused-ring (bicyclic) bond motifs is 2. The Balaban J connectivity index is 1.09. The highest BCUT2D eigenvalue weighted by molar-refractivity contribution is 5.89. The molecule has 2 amide bonds. The standard InChI is InChI=1S/C37H44N8O2/c1-24-13-15-26(16-14-24)45-34(22-32(42-45)37(3,4)5)39-35(46)38-30-18-19-31(29-12-7-6-11-28(29)30)47-27-17-20-33-40-41-36(44(33)23-27)43-21-9-8-10-25(43)2/h6-7,11-17,20,22-23,25,30-31H,8-10,18-19,21H2,1-5H3,(H2,38,39,46)/t25-,30+,31-/m1/s1. The fourth-order valence-corrected chi connectivity index (χ4v) is 6.74. The second-order valence-corrected chi connectivity index (χ2v) is 14.0. The van der Waals surface area contributed by atoms with Crippen LogP contribution < -0.4 is 20.3 Å². The van der Waals surface area contributed by atoms with E-state index in [4.69, 9.17) is 9.84 Å². The molecule has 244 valence electrons. The molecular weight excluding hydrogens is 588 g/mol. The summed E-state index contributed by atoms with van der Waals surface area (Å²) in [5, 5.41) is 20.2.